The van der Waals surface area contributed by atoms with E-state index in [1.165, 1.54) is 0 Å². The molecule has 0 bridgehead atoms. The third kappa shape index (κ3) is 4.12. The Morgan fingerprint density at radius 1 is 1.13 bits per heavy atom. The number of carbonyl (C=O) groups is 1. The summed E-state index contributed by atoms with van der Waals surface area (Å²) in [6.07, 6.45) is 0.912. The molecule has 4 heteroatoms. The molecule has 0 heterocycles. The van der Waals surface area contributed by atoms with Crippen molar-refractivity contribution in [1.82, 2.24) is 5.32 Å². The molecule has 0 fully saturated rings. The van der Waals surface area contributed by atoms with Gasteiger partial charge in [-0.1, -0.05) is 6.92 Å². The molecule has 1 N–H and O–H groups in total. The minimum Gasteiger partial charge on any atom is -0.354 e. The van der Waals surface area contributed by atoms with Crippen LogP contribution in [0.1, 0.15) is 34.1 Å². The van der Waals surface area contributed by atoms with Crippen LogP contribution in [0.3, 0.4) is 0 Å². The predicted octanol–water partition coefficient (Wildman–Crippen LogP) is 1.38. The maximum atomic E-state index is 11.7. The number of quaternary nitrogens is 1. The SMILES string of the molecule is CCC(C(=O)NC)[N+](CC)(CC)CC.[Y]. The molecular weight excluding hydrogens is 265 g/mol. The molecule has 0 saturated carbocycles. The fraction of sp³-hybridized carbons (Fsp3) is 0.909. The molecule has 1 amide bonds. The first-order chi connectivity index (χ1) is 6.61. The zero-order valence-electron chi connectivity index (χ0n) is 10.8. The molecule has 1 unspecified atom stereocenters. The predicted molar refractivity (Wildman–Crippen MR) is 60.0 cm³/mol. The van der Waals surface area contributed by atoms with Crippen molar-refractivity contribution in [2.45, 2.75) is 40.2 Å². The molecular formula is C11H25N2OY+. The Labute approximate surface area is 119 Å². The van der Waals surface area contributed by atoms with E-state index in [2.05, 4.69) is 33.0 Å². The molecule has 1 radical (unpaired) electrons. The van der Waals surface area contributed by atoms with E-state index in [-0.39, 0.29) is 44.7 Å². The van der Waals surface area contributed by atoms with Crippen LogP contribution >= 0.6 is 0 Å². The van der Waals surface area contributed by atoms with E-state index in [1.807, 2.05) is 0 Å². The minimum absolute atomic E-state index is 0. The summed E-state index contributed by atoms with van der Waals surface area (Å²) in [5.41, 5.74) is 0. The van der Waals surface area contributed by atoms with Crippen molar-refractivity contribution in [3.8, 4) is 0 Å². The van der Waals surface area contributed by atoms with Crippen molar-refractivity contribution >= 4 is 5.91 Å². The molecule has 87 valence electrons. The average molecular weight is 290 g/mol. The Morgan fingerprint density at radius 3 is 1.73 bits per heavy atom. The average Bonchev–Trinajstić information content (AvgIpc) is 2.25. The molecule has 0 aliphatic heterocycles. The van der Waals surface area contributed by atoms with Crippen LogP contribution in [-0.2, 0) is 37.5 Å². The summed E-state index contributed by atoms with van der Waals surface area (Å²) in [7, 11) is 1.72. The molecule has 0 aromatic heterocycles. The van der Waals surface area contributed by atoms with Gasteiger partial charge in [-0.15, -0.1) is 0 Å². The van der Waals surface area contributed by atoms with Gasteiger partial charge in [-0.3, -0.25) is 4.79 Å². The van der Waals surface area contributed by atoms with Gasteiger partial charge in [0.15, 0.2) is 6.04 Å². The summed E-state index contributed by atoms with van der Waals surface area (Å²) in [6.45, 7) is 11.7. The van der Waals surface area contributed by atoms with Crippen molar-refractivity contribution < 1.29 is 42.0 Å². The molecule has 0 aliphatic rings. The Hall–Kier alpha value is 0.534. The monoisotopic (exact) mass is 290 g/mol. The van der Waals surface area contributed by atoms with E-state index in [1.54, 1.807) is 7.05 Å². The smallest absolute Gasteiger partial charge is 0.278 e. The number of nitrogens with one attached hydrogen (secondary N) is 1. The number of hydrogen-bond donors (Lipinski definition) is 1. The third-order valence-electron chi connectivity index (χ3n) is 3.49. The minimum atomic E-state index is 0. The molecule has 0 rings (SSSR count). The number of amides is 1. The fourth-order valence-electron chi connectivity index (χ4n) is 2.32. The van der Waals surface area contributed by atoms with Crippen LogP contribution in [0.4, 0.5) is 0 Å². The Morgan fingerprint density at radius 2 is 1.53 bits per heavy atom. The quantitative estimate of drug-likeness (QED) is 0.736. The zero-order valence-corrected chi connectivity index (χ0v) is 13.7. The second-order valence-electron chi connectivity index (χ2n) is 3.71. The molecule has 0 aromatic carbocycles. The summed E-state index contributed by atoms with van der Waals surface area (Å²) in [6, 6.07) is 0.111. The van der Waals surface area contributed by atoms with E-state index in [0.29, 0.717) is 0 Å². The number of hydrogen-bond acceptors (Lipinski definition) is 1. The largest absolute Gasteiger partial charge is 0.354 e. The summed E-state index contributed by atoms with van der Waals surface area (Å²) >= 11 is 0. The van der Waals surface area contributed by atoms with E-state index in [4.69, 9.17) is 0 Å². The fourth-order valence-corrected chi connectivity index (χ4v) is 2.32. The summed E-state index contributed by atoms with van der Waals surface area (Å²) in [5, 5.41) is 2.77. The van der Waals surface area contributed by atoms with E-state index < -0.39 is 0 Å². The van der Waals surface area contributed by atoms with Crippen LogP contribution in [-0.4, -0.2) is 43.1 Å². The number of rotatable bonds is 6. The van der Waals surface area contributed by atoms with Crippen molar-refractivity contribution in [1.29, 1.82) is 0 Å². The summed E-state index contributed by atoms with van der Waals surface area (Å²) in [4.78, 5) is 11.7. The number of carbonyl (C=O) groups excluding carboxylic acids is 1. The summed E-state index contributed by atoms with van der Waals surface area (Å²) in [5.74, 6) is 0.179. The van der Waals surface area contributed by atoms with Gasteiger partial charge < -0.3 is 9.80 Å². The van der Waals surface area contributed by atoms with Gasteiger partial charge in [0.05, 0.1) is 19.6 Å². The van der Waals surface area contributed by atoms with Crippen molar-refractivity contribution in [3.63, 3.8) is 0 Å². The van der Waals surface area contributed by atoms with Crippen LogP contribution < -0.4 is 5.32 Å². The van der Waals surface area contributed by atoms with Gasteiger partial charge >= 0.3 is 0 Å². The maximum Gasteiger partial charge on any atom is 0.278 e. The molecule has 3 nitrogen and oxygen atoms in total. The van der Waals surface area contributed by atoms with E-state index in [0.717, 1.165) is 30.5 Å². The van der Waals surface area contributed by atoms with Gasteiger partial charge in [-0.2, -0.15) is 0 Å². The Balaban J connectivity index is 0. The van der Waals surface area contributed by atoms with Crippen LogP contribution in [0.15, 0.2) is 0 Å². The maximum absolute atomic E-state index is 11.7. The number of nitrogens with zero attached hydrogens (tertiary/aromatic N) is 1. The molecule has 15 heavy (non-hydrogen) atoms. The Kier molecular flexibility index (Phi) is 10.3. The van der Waals surface area contributed by atoms with Gasteiger partial charge in [0.25, 0.3) is 5.91 Å². The molecule has 0 saturated heterocycles. The first-order valence-electron chi connectivity index (χ1n) is 5.69. The van der Waals surface area contributed by atoms with Crippen LogP contribution in [0.2, 0.25) is 0 Å². The van der Waals surface area contributed by atoms with Gasteiger partial charge in [0.2, 0.25) is 0 Å². The number of likely N-dealkylation sites (N-methyl/N-ethyl adjacent to an activating group) is 2. The van der Waals surface area contributed by atoms with Gasteiger partial charge in [0, 0.05) is 46.2 Å². The van der Waals surface area contributed by atoms with E-state index >= 15 is 0 Å². The first-order valence-corrected chi connectivity index (χ1v) is 5.69. The third-order valence-corrected chi connectivity index (χ3v) is 3.49. The summed E-state index contributed by atoms with van der Waals surface area (Å²) < 4.78 is 0.899. The first kappa shape index (κ1) is 17.9. The van der Waals surface area contributed by atoms with Crippen molar-refractivity contribution in [2.24, 2.45) is 0 Å². The van der Waals surface area contributed by atoms with Gasteiger partial charge in [-0.25, -0.2) is 0 Å². The molecule has 0 aliphatic carbocycles. The van der Waals surface area contributed by atoms with Gasteiger partial charge in [0.1, 0.15) is 0 Å². The zero-order chi connectivity index (χ0) is 11.2. The topological polar surface area (TPSA) is 29.1 Å². The van der Waals surface area contributed by atoms with Crippen LogP contribution in [0, 0.1) is 0 Å². The van der Waals surface area contributed by atoms with Crippen LogP contribution in [0.25, 0.3) is 0 Å². The van der Waals surface area contributed by atoms with Crippen molar-refractivity contribution in [2.75, 3.05) is 26.7 Å². The van der Waals surface area contributed by atoms with Crippen LogP contribution in [0.5, 0.6) is 0 Å². The molecule has 1 atom stereocenters. The second kappa shape index (κ2) is 8.66. The standard InChI is InChI=1S/C11H24N2O.Y/c1-6-10(11(14)12-5)13(7-2,8-3)9-4;/h10H,6-9H2,1-5H3;/p+1. The molecule has 0 aromatic rings. The van der Waals surface area contributed by atoms with Gasteiger partial charge in [-0.05, 0) is 20.8 Å². The van der Waals surface area contributed by atoms with Crippen molar-refractivity contribution in [3.05, 3.63) is 0 Å². The normalized spacial score (nSPS) is 12.9. The Bertz CT molecular complexity index is 173. The molecule has 0 spiro atoms. The van der Waals surface area contributed by atoms with E-state index in [9.17, 15) is 4.79 Å². The second-order valence-corrected chi connectivity index (χ2v) is 3.71.